The van der Waals surface area contributed by atoms with Crippen LogP contribution in [0.2, 0.25) is 0 Å². The molecule has 82 valence electrons. The first-order valence-corrected chi connectivity index (χ1v) is 4.95. The Morgan fingerprint density at radius 1 is 1.29 bits per heavy atom. The van der Waals surface area contributed by atoms with Gasteiger partial charge < -0.3 is 0 Å². The second-order valence-electron chi connectivity index (χ2n) is 3.07. The summed E-state index contributed by atoms with van der Waals surface area (Å²) in [7, 11) is 0. The summed E-state index contributed by atoms with van der Waals surface area (Å²) in [6.07, 6.45) is 1.20. The van der Waals surface area contributed by atoms with Crippen molar-refractivity contribution in [2.24, 2.45) is 5.92 Å². The lowest BCUT2D eigenvalue weighted by Gasteiger charge is -2.05. The van der Waals surface area contributed by atoms with Crippen LogP contribution in [0.4, 0.5) is 13.2 Å². The van der Waals surface area contributed by atoms with Crippen LogP contribution in [0, 0.1) is 5.92 Å². The summed E-state index contributed by atoms with van der Waals surface area (Å²) in [6, 6.07) is 0. The van der Waals surface area contributed by atoms with Crippen LogP contribution in [0.3, 0.4) is 0 Å². The molecule has 0 aromatic rings. The van der Waals surface area contributed by atoms with Gasteiger partial charge >= 0.3 is 6.18 Å². The minimum absolute atomic E-state index is 0.251. The van der Waals surface area contributed by atoms with Gasteiger partial charge in [-0.15, -0.1) is 0 Å². The molecule has 1 atom stereocenters. The van der Waals surface area contributed by atoms with E-state index in [-0.39, 0.29) is 5.92 Å². The Morgan fingerprint density at radius 2 is 1.86 bits per heavy atom. The van der Waals surface area contributed by atoms with Gasteiger partial charge in [-0.25, -0.2) is 0 Å². The molecule has 0 spiro atoms. The monoisotopic (exact) mass is 206 g/mol. The van der Waals surface area contributed by atoms with Gasteiger partial charge in [0.05, 0.1) is 5.57 Å². The molecule has 1 rings (SSSR count). The number of alkyl halides is 3. The summed E-state index contributed by atoms with van der Waals surface area (Å²) in [5, 5.41) is 0. The third kappa shape index (κ3) is 4.49. The van der Waals surface area contributed by atoms with E-state index in [1.807, 2.05) is 20.8 Å². The third-order valence-corrected chi connectivity index (χ3v) is 1.92. The van der Waals surface area contributed by atoms with E-state index in [1.54, 1.807) is 6.08 Å². The number of halogens is 3. The van der Waals surface area contributed by atoms with E-state index in [2.05, 4.69) is 0 Å². The van der Waals surface area contributed by atoms with Crippen LogP contribution in [-0.2, 0) is 0 Å². The highest BCUT2D eigenvalue weighted by molar-refractivity contribution is 5.25. The highest BCUT2D eigenvalue weighted by atomic mass is 19.4. The largest absolute Gasteiger partial charge is 0.416 e. The lowest BCUT2D eigenvalue weighted by atomic mass is 10.1. The number of allylic oxidation sites excluding steroid dienone is 4. The Labute approximate surface area is 83.5 Å². The molecular formula is C11H17F3. The van der Waals surface area contributed by atoms with Crippen LogP contribution in [-0.4, -0.2) is 6.18 Å². The van der Waals surface area contributed by atoms with Crippen molar-refractivity contribution in [3.8, 4) is 0 Å². The molecule has 0 nitrogen and oxygen atoms in total. The van der Waals surface area contributed by atoms with E-state index in [9.17, 15) is 13.2 Å². The zero-order valence-electron chi connectivity index (χ0n) is 8.86. The molecule has 0 aromatic carbocycles. The van der Waals surface area contributed by atoms with Gasteiger partial charge in [-0.1, -0.05) is 39.0 Å². The summed E-state index contributed by atoms with van der Waals surface area (Å²) in [6.45, 7) is 5.92. The van der Waals surface area contributed by atoms with E-state index in [1.165, 1.54) is 12.2 Å². The molecule has 0 amide bonds. The first kappa shape index (κ1) is 13.3. The molecule has 0 N–H and O–H groups in total. The fraction of sp³-hybridized carbons (Fsp3) is 0.636. The Morgan fingerprint density at radius 3 is 2.36 bits per heavy atom. The van der Waals surface area contributed by atoms with Gasteiger partial charge in [0.1, 0.15) is 0 Å². The van der Waals surface area contributed by atoms with E-state index >= 15 is 0 Å². The maximum Gasteiger partial charge on any atom is 0.416 e. The molecule has 0 saturated carbocycles. The second kappa shape index (κ2) is 5.89. The average molecular weight is 206 g/mol. The predicted molar refractivity (Wildman–Crippen MR) is 53.0 cm³/mol. The van der Waals surface area contributed by atoms with Crippen LogP contribution >= 0.6 is 0 Å². The molecule has 0 saturated heterocycles. The van der Waals surface area contributed by atoms with E-state index in [0.717, 1.165) is 6.42 Å². The summed E-state index contributed by atoms with van der Waals surface area (Å²) < 4.78 is 36.4. The Hall–Kier alpha value is -0.730. The molecule has 0 radical (unpaired) electrons. The number of rotatable bonds is 0. The van der Waals surface area contributed by atoms with Crippen molar-refractivity contribution in [3.05, 3.63) is 23.8 Å². The maximum absolute atomic E-state index is 12.1. The molecule has 1 aliphatic rings. The van der Waals surface area contributed by atoms with Crippen molar-refractivity contribution in [3.63, 3.8) is 0 Å². The summed E-state index contributed by atoms with van der Waals surface area (Å²) in [5.74, 6) is 0.251. The summed E-state index contributed by atoms with van der Waals surface area (Å²) in [5.41, 5.74) is -0.508. The first-order valence-electron chi connectivity index (χ1n) is 4.95. The predicted octanol–water partition coefficient (Wildman–Crippen LogP) is 4.49. The molecule has 1 aliphatic carbocycles. The van der Waals surface area contributed by atoms with Crippen molar-refractivity contribution in [1.29, 1.82) is 0 Å². The molecule has 0 fully saturated rings. The minimum atomic E-state index is -4.18. The average Bonchev–Trinajstić information content (AvgIpc) is 2.32. The van der Waals surface area contributed by atoms with Crippen LogP contribution in [0.15, 0.2) is 23.8 Å². The Balaban J connectivity index is 0.000000791. The molecule has 0 heterocycles. The van der Waals surface area contributed by atoms with Crippen LogP contribution in [0.5, 0.6) is 0 Å². The summed E-state index contributed by atoms with van der Waals surface area (Å²) >= 11 is 0. The molecule has 14 heavy (non-hydrogen) atoms. The van der Waals surface area contributed by atoms with E-state index in [0.29, 0.717) is 6.42 Å². The SMILES string of the molecule is CC.CC1C=CC(C(F)(F)F)=CCC1. The third-order valence-electron chi connectivity index (χ3n) is 1.92. The highest BCUT2D eigenvalue weighted by Gasteiger charge is 2.31. The molecule has 0 aliphatic heterocycles. The highest BCUT2D eigenvalue weighted by Crippen LogP contribution is 2.29. The van der Waals surface area contributed by atoms with E-state index in [4.69, 9.17) is 0 Å². The standard InChI is InChI=1S/C9H11F3.C2H6/c1-7-3-2-4-8(6-5-7)9(10,11)12;1-2/h4-7H,2-3H2,1H3;1-2H3. The van der Waals surface area contributed by atoms with Crippen LogP contribution < -0.4 is 0 Å². The van der Waals surface area contributed by atoms with Crippen molar-refractivity contribution < 1.29 is 13.2 Å². The van der Waals surface area contributed by atoms with Crippen LogP contribution in [0.1, 0.15) is 33.6 Å². The second-order valence-corrected chi connectivity index (χ2v) is 3.07. The molecular weight excluding hydrogens is 189 g/mol. The Bertz CT molecular complexity index is 211. The van der Waals surface area contributed by atoms with Crippen molar-refractivity contribution in [2.75, 3.05) is 0 Å². The van der Waals surface area contributed by atoms with Gasteiger partial charge in [0, 0.05) is 0 Å². The van der Waals surface area contributed by atoms with Gasteiger partial charge in [0.2, 0.25) is 0 Å². The minimum Gasteiger partial charge on any atom is -0.166 e. The number of hydrogen-bond donors (Lipinski definition) is 0. The summed E-state index contributed by atoms with van der Waals surface area (Å²) in [4.78, 5) is 0. The topological polar surface area (TPSA) is 0 Å². The molecule has 0 bridgehead atoms. The molecule has 1 unspecified atom stereocenters. The van der Waals surface area contributed by atoms with Gasteiger partial charge in [0.25, 0.3) is 0 Å². The van der Waals surface area contributed by atoms with Crippen molar-refractivity contribution in [1.82, 2.24) is 0 Å². The van der Waals surface area contributed by atoms with Crippen LogP contribution in [0.25, 0.3) is 0 Å². The van der Waals surface area contributed by atoms with Crippen molar-refractivity contribution in [2.45, 2.75) is 39.8 Å². The normalized spacial score (nSPS) is 21.9. The van der Waals surface area contributed by atoms with Gasteiger partial charge in [-0.3, -0.25) is 0 Å². The fourth-order valence-corrected chi connectivity index (χ4v) is 1.14. The zero-order valence-corrected chi connectivity index (χ0v) is 8.86. The van der Waals surface area contributed by atoms with Gasteiger partial charge in [-0.2, -0.15) is 13.2 Å². The maximum atomic E-state index is 12.1. The lowest BCUT2D eigenvalue weighted by Crippen LogP contribution is -2.09. The quantitative estimate of drug-likeness (QED) is 0.548. The molecule has 3 heteroatoms. The van der Waals surface area contributed by atoms with E-state index < -0.39 is 11.7 Å². The smallest absolute Gasteiger partial charge is 0.166 e. The first-order chi connectivity index (χ1) is 6.50. The van der Waals surface area contributed by atoms with Gasteiger partial charge in [0.15, 0.2) is 0 Å². The zero-order chi connectivity index (χ0) is 11.2. The molecule has 0 aromatic heterocycles. The fourth-order valence-electron chi connectivity index (χ4n) is 1.14. The number of hydrogen-bond acceptors (Lipinski definition) is 0. The van der Waals surface area contributed by atoms with Gasteiger partial charge in [-0.05, 0) is 18.8 Å². The lowest BCUT2D eigenvalue weighted by molar-refractivity contribution is -0.0883. The Kier molecular flexibility index (Phi) is 5.58. The van der Waals surface area contributed by atoms with Crippen molar-refractivity contribution >= 4 is 0 Å².